The number of amides is 2. The number of alkyl halides is 1. The van der Waals surface area contributed by atoms with Crippen LogP contribution in [0.4, 0.5) is 18.0 Å². The number of urea groups is 1. The molecule has 0 bridgehead atoms. The number of hydrogen-bond donors (Lipinski definition) is 1. The number of aliphatic hydroxyl groups is 1. The molecule has 1 saturated heterocycles. The van der Waals surface area contributed by atoms with Gasteiger partial charge in [0.05, 0.1) is 6.61 Å². The van der Waals surface area contributed by atoms with E-state index in [9.17, 15) is 23.1 Å². The summed E-state index contributed by atoms with van der Waals surface area (Å²) in [5, 5.41) is 10.7. The minimum atomic E-state index is -1.28. The number of nitrogens with zero attached hydrogens (tertiary/aromatic N) is 3. The molecule has 1 fully saturated rings. The first-order valence-corrected chi connectivity index (χ1v) is 12.4. The van der Waals surface area contributed by atoms with Crippen molar-refractivity contribution in [3.8, 4) is 0 Å². The van der Waals surface area contributed by atoms with Crippen molar-refractivity contribution < 1.29 is 23.1 Å². The van der Waals surface area contributed by atoms with E-state index < -0.39 is 30.0 Å². The first kappa shape index (κ1) is 26.2. The van der Waals surface area contributed by atoms with Gasteiger partial charge in [0.15, 0.2) is 0 Å². The SMILES string of the molecule is CC(C)N(C(=O)N1CC(c2cc(F)ccc2F)=C[C@@]1(CO)c1ccccc1)C1CCN(C)CC(F)C1. The fraction of sp³-hybridized carbons (Fsp3) is 0.464. The van der Waals surface area contributed by atoms with Gasteiger partial charge in [0.1, 0.15) is 23.3 Å². The Labute approximate surface area is 210 Å². The Morgan fingerprint density at radius 2 is 1.92 bits per heavy atom. The Kier molecular flexibility index (Phi) is 7.76. The predicted molar refractivity (Wildman–Crippen MR) is 134 cm³/mol. The van der Waals surface area contributed by atoms with E-state index in [0.717, 1.165) is 18.2 Å². The standard InChI is InChI=1S/C28H34F3N3O2/c1-19(2)34(24-11-12-32(3)17-23(30)13-24)27(36)33-16-20(25-14-22(29)9-10-26(25)31)15-28(33,18-35)21-7-5-4-6-8-21/h4-10,14-15,19,23-24,35H,11-13,16-18H2,1-3H3/t23?,24?,28-/m1/s1. The maximum atomic E-state index is 14.8. The number of hydrogen-bond acceptors (Lipinski definition) is 3. The van der Waals surface area contributed by atoms with E-state index in [1.807, 2.05) is 31.9 Å². The topological polar surface area (TPSA) is 47.0 Å². The third-order valence-corrected chi connectivity index (χ3v) is 7.30. The van der Waals surface area contributed by atoms with Crippen molar-refractivity contribution in [2.45, 2.75) is 50.5 Å². The van der Waals surface area contributed by atoms with Crippen LogP contribution in [0.2, 0.25) is 0 Å². The third-order valence-electron chi connectivity index (χ3n) is 7.30. The molecule has 5 nitrogen and oxygen atoms in total. The van der Waals surface area contributed by atoms with E-state index in [1.165, 1.54) is 4.90 Å². The number of carbonyl (C=O) groups is 1. The molecular formula is C28H34F3N3O2. The lowest BCUT2D eigenvalue weighted by Gasteiger charge is -2.44. The molecule has 3 atom stereocenters. The van der Waals surface area contributed by atoms with Gasteiger partial charge < -0.3 is 19.8 Å². The molecule has 4 rings (SSSR count). The van der Waals surface area contributed by atoms with Gasteiger partial charge in [0.25, 0.3) is 0 Å². The summed E-state index contributed by atoms with van der Waals surface area (Å²) >= 11 is 0. The van der Waals surface area contributed by atoms with Gasteiger partial charge in [-0.25, -0.2) is 18.0 Å². The van der Waals surface area contributed by atoms with E-state index in [1.54, 1.807) is 35.2 Å². The Balaban J connectivity index is 1.78. The number of rotatable bonds is 5. The lowest BCUT2D eigenvalue weighted by molar-refractivity contribution is 0.0591. The van der Waals surface area contributed by atoms with Crippen molar-refractivity contribution in [1.29, 1.82) is 0 Å². The summed E-state index contributed by atoms with van der Waals surface area (Å²) in [7, 11) is 1.87. The normalized spacial score (nSPS) is 25.1. The molecular weight excluding hydrogens is 467 g/mol. The number of carbonyl (C=O) groups excluding carboxylic acids is 1. The van der Waals surface area contributed by atoms with E-state index in [2.05, 4.69) is 0 Å². The second-order valence-electron chi connectivity index (χ2n) is 10.1. The first-order chi connectivity index (χ1) is 17.2. The molecule has 8 heteroatoms. The van der Waals surface area contributed by atoms with Crippen molar-refractivity contribution in [3.05, 3.63) is 77.4 Å². The van der Waals surface area contributed by atoms with Gasteiger partial charge in [0, 0.05) is 37.2 Å². The Bertz CT molecular complexity index is 1110. The van der Waals surface area contributed by atoms with Gasteiger partial charge >= 0.3 is 6.03 Å². The van der Waals surface area contributed by atoms with Crippen LogP contribution in [0.5, 0.6) is 0 Å². The highest BCUT2D eigenvalue weighted by atomic mass is 19.1. The van der Waals surface area contributed by atoms with E-state index >= 15 is 0 Å². The van der Waals surface area contributed by atoms with Gasteiger partial charge in [-0.05, 0) is 69.3 Å². The summed E-state index contributed by atoms with van der Waals surface area (Å²) in [5.41, 5.74) is -0.169. The van der Waals surface area contributed by atoms with E-state index in [4.69, 9.17) is 0 Å². The van der Waals surface area contributed by atoms with Gasteiger partial charge in [0.2, 0.25) is 0 Å². The number of halogens is 3. The molecule has 36 heavy (non-hydrogen) atoms. The third kappa shape index (κ3) is 5.02. The van der Waals surface area contributed by atoms with Crippen LogP contribution >= 0.6 is 0 Å². The fourth-order valence-electron chi connectivity index (χ4n) is 5.53. The fourth-order valence-corrected chi connectivity index (χ4v) is 5.53. The summed E-state index contributed by atoms with van der Waals surface area (Å²) < 4.78 is 43.6. The largest absolute Gasteiger partial charge is 0.393 e. The lowest BCUT2D eigenvalue weighted by atomic mass is 9.89. The van der Waals surface area contributed by atoms with Gasteiger partial charge in [-0.1, -0.05) is 30.3 Å². The zero-order valence-corrected chi connectivity index (χ0v) is 21.0. The summed E-state index contributed by atoms with van der Waals surface area (Å²) in [4.78, 5) is 19.4. The lowest BCUT2D eigenvalue weighted by Crippen LogP contribution is -2.57. The van der Waals surface area contributed by atoms with Crippen LogP contribution in [-0.4, -0.2) is 77.4 Å². The Morgan fingerprint density at radius 3 is 2.58 bits per heavy atom. The van der Waals surface area contributed by atoms with Gasteiger partial charge in [-0.3, -0.25) is 0 Å². The zero-order valence-electron chi connectivity index (χ0n) is 21.0. The van der Waals surface area contributed by atoms with Crippen molar-refractivity contribution in [1.82, 2.24) is 14.7 Å². The molecule has 0 radical (unpaired) electrons. The summed E-state index contributed by atoms with van der Waals surface area (Å²) in [6, 6.07) is 11.3. The zero-order chi connectivity index (χ0) is 26.0. The molecule has 0 spiro atoms. The van der Waals surface area contributed by atoms with Crippen molar-refractivity contribution >= 4 is 11.6 Å². The predicted octanol–water partition coefficient (Wildman–Crippen LogP) is 4.81. The highest BCUT2D eigenvalue weighted by Crippen LogP contribution is 2.42. The maximum Gasteiger partial charge on any atom is 0.321 e. The molecule has 2 aromatic carbocycles. The van der Waals surface area contributed by atoms with Crippen molar-refractivity contribution in [2.75, 3.05) is 33.3 Å². The monoisotopic (exact) mass is 501 g/mol. The molecule has 2 heterocycles. The van der Waals surface area contributed by atoms with Crippen LogP contribution in [0.1, 0.15) is 37.8 Å². The molecule has 2 unspecified atom stereocenters. The molecule has 0 saturated carbocycles. The molecule has 194 valence electrons. The molecule has 2 aromatic rings. The van der Waals surface area contributed by atoms with E-state index in [-0.39, 0.29) is 36.6 Å². The molecule has 2 amide bonds. The van der Waals surface area contributed by atoms with Crippen LogP contribution in [-0.2, 0) is 5.54 Å². The van der Waals surface area contributed by atoms with Gasteiger partial charge in [-0.2, -0.15) is 0 Å². The van der Waals surface area contributed by atoms with E-state index in [0.29, 0.717) is 30.6 Å². The summed E-state index contributed by atoms with van der Waals surface area (Å²) in [6.07, 6.45) is 1.43. The first-order valence-electron chi connectivity index (χ1n) is 12.4. The molecule has 2 aliphatic heterocycles. The van der Waals surface area contributed by atoms with Crippen LogP contribution < -0.4 is 0 Å². The quantitative estimate of drug-likeness (QED) is 0.640. The minimum Gasteiger partial charge on any atom is -0.393 e. The molecule has 0 aromatic heterocycles. The van der Waals surface area contributed by atoms with Crippen LogP contribution in [0.15, 0.2) is 54.6 Å². The summed E-state index contributed by atoms with van der Waals surface area (Å²) in [5.74, 6) is -1.20. The molecule has 2 aliphatic rings. The van der Waals surface area contributed by atoms with Crippen LogP contribution in [0, 0.1) is 11.6 Å². The number of benzene rings is 2. The highest BCUT2D eigenvalue weighted by Gasteiger charge is 2.47. The number of likely N-dealkylation sites (tertiary alicyclic amines) is 1. The van der Waals surface area contributed by atoms with Crippen molar-refractivity contribution in [2.24, 2.45) is 0 Å². The van der Waals surface area contributed by atoms with Crippen LogP contribution in [0.25, 0.3) is 5.57 Å². The average molecular weight is 502 g/mol. The second kappa shape index (κ2) is 10.6. The second-order valence-corrected chi connectivity index (χ2v) is 10.1. The molecule has 0 aliphatic carbocycles. The highest BCUT2D eigenvalue weighted by molar-refractivity contribution is 5.84. The minimum absolute atomic E-state index is 0.0242. The van der Waals surface area contributed by atoms with Gasteiger partial charge in [-0.15, -0.1) is 0 Å². The van der Waals surface area contributed by atoms with Crippen LogP contribution in [0.3, 0.4) is 0 Å². The maximum absolute atomic E-state index is 14.8. The van der Waals surface area contributed by atoms with Crippen molar-refractivity contribution in [3.63, 3.8) is 0 Å². The average Bonchev–Trinajstić information content (AvgIpc) is 3.16. The smallest absolute Gasteiger partial charge is 0.321 e. The number of aliphatic hydroxyl groups excluding tert-OH is 1. The molecule has 1 N–H and O–H groups in total. The Morgan fingerprint density at radius 1 is 1.19 bits per heavy atom. The Hall–Kier alpha value is -2.84. The summed E-state index contributed by atoms with van der Waals surface area (Å²) in [6.45, 7) is 4.27.